The van der Waals surface area contributed by atoms with Crippen molar-refractivity contribution in [2.24, 2.45) is 11.3 Å². The molecule has 0 N–H and O–H groups in total. The van der Waals surface area contributed by atoms with Crippen molar-refractivity contribution >= 4 is 39.9 Å². The number of hydrogen-bond acceptors (Lipinski definition) is 1. The fourth-order valence-corrected chi connectivity index (χ4v) is 12.5. The second-order valence-electron chi connectivity index (χ2n) is 28.0. The summed E-state index contributed by atoms with van der Waals surface area (Å²) in [5, 5.41) is 0. The summed E-state index contributed by atoms with van der Waals surface area (Å²) < 4.78 is 0. The Hall–Kier alpha value is -7.22. The van der Waals surface area contributed by atoms with E-state index in [4.69, 9.17) is 6.58 Å². The van der Waals surface area contributed by atoms with Gasteiger partial charge in [0, 0.05) is 16.9 Å². The molecule has 1 nitrogen and oxygen atoms in total. The minimum Gasteiger partial charge on any atom is -0.310 e. The van der Waals surface area contributed by atoms with Gasteiger partial charge in [0.25, 0.3) is 0 Å². The van der Waals surface area contributed by atoms with Crippen LogP contribution in [-0.2, 0) is 5.41 Å². The highest BCUT2D eigenvalue weighted by Gasteiger charge is 2.26. The quantitative estimate of drug-likeness (QED) is 0.0309. The smallest absolute Gasteiger partial charge is 0.0572 e. The topological polar surface area (TPSA) is 3.24 Å². The normalized spacial score (nSPS) is 13.0. The number of nitrogens with zero attached hydrogens (tertiary/aromatic N) is 1. The van der Waals surface area contributed by atoms with Crippen LogP contribution < -0.4 is 4.90 Å². The molecule has 7 aromatic carbocycles. The van der Waals surface area contributed by atoms with E-state index in [2.05, 4.69) is 297 Å². The van der Waals surface area contributed by atoms with Crippen LogP contribution in [0.3, 0.4) is 0 Å². The first-order chi connectivity index (χ1) is 43.3. The Morgan fingerprint density at radius 1 is 0.500 bits per heavy atom. The van der Waals surface area contributed by atoms with E-state index in [9.17, 15) is 0 Å². The molecule has 0 bridgehead atoms. The maximum atomic E-state index is 5.06. The standard InChI is InChI=1S/C89H113N/c1-17-21-23-25-27-31-38-71(39-32-28-26-24-22-18-2)63-79-64-80(89(14,15)16)54-59-85(79)83-58-53-78(62-67(83)7)66(6)44-46-77(37-19-3)86-61-60-84(82(65(5)20-4)57-45-68(8)88(11,12)13)69(9)87(86)90(81-55-51-76(52-56-81)74-42-35-30-36-43-74)70(10)72-47-49-75(50-48-72)73-40-33-29-34-41-73/h29-30,33-36,40-65H,10,17-28,31-32,37-39H2,1-9,11-16H3/b66-44+,68-45+,77-46+,82-57+. The largest absolute Gasteiger partial charge is 0.310 e. The monoisotopic (exact) mass is 1200 g/mol. The highest BCUT2D eigenvalue weighted by Crippen LogP contribution is 2.46. The number of benzene rings is 7. The summed E-state index contributed by atoms with van der Waals surface area (Å²) in [5.74, 6) is 0.332. The molecule has 474 valence electrons. The molecular weight excluding hydrogens is 1080 g/mol. The summed E-state index contributed by atoms with van der Waals surface area (Å²) in [4.78, 5) is 2.47. The average molecular weight is 1200 g/mol. The van der Waals surface area contributed by atoms with E-state index in [1.807, 2.05) is 0 Å². The van der Waals surface area contributed by atoms with E-state index in [-0.39, 0.29) is 10.8 Å². The first kappa shape index (κ1) is 70.2. The summed E-state index contributed by atoms with van der Waals surface area (Å²) in [6, 6.07) is 59.0. The molecule has 0 fully saturated rings. The molecule has 0 saturated heterocycles. The Balaban J connectivity index is 1.37. The van der Waals surface area contributed by atoms with E-state index < -0.39 is 0 Å². The van der Waals surface area contributed by atoms with Gasteiger partial charge < -0.3 is 4.90 Å². The van der Waals surface area contributed by atoms with Crippen molar-refractivity contribution in [2.45, 2.75) is 218 Å². The molecule has 1 unspecified atom stereocenters. The molecule has 1 heteroatoms. The average Bonchev–Trinajstić information content (AvgIpc) is 1.07. The molecule has 0 amide bonds. The molecule has 0 aliphatic carbocycles. The first-order valence-electron chi connectivity index (χ1n) is 34.9. The number of aryl methyl sites for hydroxylation is 1. The van der Waals surface area contributed by atoms with Crippen LogP contribution in [0.2, 0.25) is 0 Å². The van der Waals surface area contributed by atoms with Gasteiger partial charge >= 0.3 is 0 Å². The molecule has 1 atom stereocenters. The van der Waals surface area contributed by atoms with Gasteiger partial charge in [-0.1, -0.05) is 340 Å². The minimum absolute atomic E-state index is 0.0537. The van der Waals surface area contributed by atoms with Crippen LogP contribution in [0.25, 0.3) is 61.9 Å². The second kappa shape index (κ2) is 34.3. The van der Waals surface area contributed by atoms with Crippen molar-refractivity contribution in [3.05, 3.63) is 244 Å². The number of hydrogen-bond donors (Lipinski definition) is 0. The molecule has 0 heterocycles. The summed E-state index contributed by atoms with van der Waals surface area (Å²) in [6.07, 6.45) is 33.5. The summed E-state index contributed by atoms with van der Waals surface area (Å²) in [5.41, 5.74) is 27.7. The van der Waals surface area contributed by atoms with Gasteiger partial charge in [-0.3, -0.25) is 0 Å². The van der Waals surface area contributed by atoms with Crippen molar-refractivity contribution < 1.29 is 0 Å². The molecular formula is C89H113N. The third kappa shape index (κ3) is 19.4. The van der Waals surface area contributed by atoms with E-state index in [1.54, 1.807) is 5.57 Å². The fraction of sp³-hybridized carbons (Fsp3) is 0.393. The van der Waals surface area contributed by atoms with E-state index in [1.165, 1.54) is 190 Å². The molecule has 0 aliphatic rings. The maximum absolute atomic E-state index is 5.06. The lowest BCUT2D eigenvalue weighted by Crippen LogP contribution is -2.19. The van der Waals surface area contributed by atoms with Crippen LogP contribution in [0.5, 0.6) is 0 Å². The number of unbranched alkanes of at least 4 members (excludes halogenated alkanes) is 10. The van der Waals surface area contributed by atoms with Gasteiger partial charge in [0.1, 0.15) is 0 Å². The lowest BCUT2D eigenvalue weighted by Gasteiger charge is -2.33. The molecule has 0 spiro atoms. The van der Waals surface area contributed by atoms with Crippen molar-refractivity contribution in [3.63, 3.8) is 0 Å². The Labute approximate surface area is 549 Å². The van der Waals surface area contributed by atoms with Crippen molar-refractivity contribution in [1.82, 2.24) is 0 Å². The van der Waals surface area contributed by atoms with Crippen molar-refractivity contribution in [3.8, 4) is 33.4 Å². The fourth-order valence-electron chi connectivity index (χ4n) is 12.5. The van der Waals surface area contributed by atoms with Gasteiger partial charge in [-0.15, -0.1) is 0 Å². The number of rotatable bonds is 31. The van der Waals surface area contributed by atoms with Crippen molar-refractivity contribution in [1.29, 1.82) is 0 Å². The Morgan fingerprint density at radius 2 is 1.02 bits per heavy atom. The lowest BCUT2D eigenvalue weighted by atomic mass is 9.83. The maximum Gasteiger partial charge on any atom is 0.0572 e. The second-order valence-corrected chi connectivity index (χ2v) is 28.0. The van der Waals surface area contributed by atoms with Gasteiger partial charge in [-0.2, -0.15) is 0 Å². The molecule has 0 radical (unpaired) electrons. The zero-order valence-electron chi connectivity index (χ0n) is 58.7. The van der Waals surface area contributed by atoms with E-state index >= 15 is 0 Å². The molecule has 7 aromatic rings. The van der Waals surface area contributed by atoms with Crippen LogP contribution in [0.4, 0.5) is 11.4 Å². The van der Waals surface area contributed by atoms with Gasteiger partial charge in [0.2, 0.25) is 0 Å². The molecule has 7 rings (SSSR count). The predicted molar refractivity (Wildman–Crippen MR) is 403 cm³/mol. The first-order valence-corrected chi connectivity index (χ1v) is 34.9. The summed E-state index contributed by atoms with van der Waals surface area (Å²) >= 11 is 0. The van der Waals surface area contributed by atoms with E-state index in [0.29, 0.717) is 5.92 Å². The van der Waals surface area contributed by atoms with Crippen molar-refractivity contribution in [2.75, 3.05) is 4.90 Å². The van der Waals surface area contributed by atoms with Crippen LogP contribution in [0, 0.1) is 25.2 Å². The van der Waals surface area contributed by atoms with Crippen LogP contribution in [0.15, 0.2) is 200 Å². The van der Waals surface area contributed by atoms with Crippen LogP contribution in [-0.4, -0.2) is 0 Å². The lowest BCUT2D eigenvalue weighted by molar-refractivity contribution is 0.504. The summed E-state index contributed by atoms with van der Waals surface area (Å²) in [6.45, 7) is 40.0. The van der Waals surface area contributed by atoms with E-state index in [0.717, 1.165) is 36.2 Å². The molecule has 0 aromatic heterocycles. The molecule has 0 aliphatic heterocycles. The number of anilines is 2. The van der Waals surface area contributed by atoms with Crippen LogP contribution >= 0.6 is 0 Å². The Bertz CT molecular complexity index is 3540. The Morgan fingerprint density at radius 3 is 1.56 bits per heavy atom. The minimum atomic E-state index is 0.0537. The number of allylic oxidation sites excluding steroid dienone is 9. The van der Waals surface area contributed by atoms with Gasteiger partial charge in [0.05, 0.1) is 5.69 Å². The third-order valence-corrected chi connectivity index (χ3v) is 19.0. The van der Waals surface area contributed by atoms with Gasteiger partial charge in [-0.25, -0.2) is 0 Å². The van der Waals surface area contributed by atoms with Gasteiger partial charge in [0.15, 0.2) is 0 Å². The highest BCUT2D eigenvalue weighted by molar-refractivity contribution is 5.96. The molecule has 0 saturated carbocycles. The zero-order chi connectivity index (χ0) is 64.8. The zero-order valence-corrected chi connectivity index (χ0v) is 58.7. The van der Waals surface area contributed by atoms with Gasteiger partial charge in [-0.05, 0) is 184 Å². The summed E-state index contributed by atoms with van der Waals surface area (Å²) in [7, 11) is 0. The SMILES string of the molecule is C=C(c1ccc(-c2ccccc2)cc1)N(c1ccc(-c2ccccc2)cc1)c1c(/C(=C/C=C(\C)c2ccc(-c3ccc(C(C)(C)C)cc3C=C(CCCCCCCC)CCCCCCCC)c(C)c2)CCC)ccc(/C(=C/C=C(\C)C(C)(C)C)C(C)CC)c1C. The third-order valence-electron chi connectivity index (χ3n) is 19.0. The molecule has 90 heavy (non-hydrogen) atoms. The van der Waals surface area contributed by atoms with Crippen LogP contribution in [0.1, 0.15) is 244 Å². The highest BCUT2D eigenvalue weighted by atomic mass is 15.2. The predicted octanol–water partition coefficient (Wildman–Crippen LogP) is 28.0. The Kier molecular flexibility index (Phi) is 26.7.